The van der Waals surface area contributed by atoms with E-state index in [1.807, 2.05) is 6.92 Å². The zero-order valence-electron chi connectivity index (χ0n) is 40.2. The number of hydrogen-bond donors (Lipinski definition) is 7. The number of pyridine rings is 1. The number of rotatable bonds is 31. The summed E-state index contributed by atoms with van der Waals surface area (Å²) in [6.45, 7) is 7.79. The molecule has 9 amide bonds. The fourth-order valence-corrected chi connectivity index (χ4v) is 7.53. The van der Waals surface area contributed by atoms with Crippen molar-refractivity contribution in [2.45, 2.75) is 90.4 Å². The molecule has 0 spiro atoms. The molecule has 1 fully saturated rings. The van der Waals surface area contributed by atoms with Crippen LogP contribution in [-0.4, -0.2) is 142 Å². The second-order valence-electron chi connectivity index (χ2n) is 17.2. The molecule has 2 aromatic rings. The molecule has 1 saturated carbocycles. The summed E-state index contributed by atoms with van der Waals surface area (Å²) in [5.41, 5.74) is 7.00. The molecule has 4 rings (SSSR count). The zero-order valence-corrected chi connectivity index (χ0v) is 40.2. The molecule has 2 heterocycles. The van der Waals surface area contributed by atoms with Crippen LogP contribution in [0.15, 0.2) is 60.9 Å². The highest BCUT2D eigenvalue weighted by atomic mass is 16.6. The Bertz CT molecular complexity index is 2010. The average molecular weight is 980 g/mol. The zero-order chi connectivity index (χ0) is 50.7. The van der Waals surface area contributed by atoms with Crippen molar-refractivity contribution in [1.82, 2.24) is 31.2 Å². The molecule has 1 aliphatic carbocycles. The maximum Gasteiger partial charge on any atom is 0.407 e. The topological polar surface area (TPSA) is 297 Å². The molecule has 0 bridgehead atoms. The third-order valence-corrected chi connectivity index (χ3v) is 11.6. The molecule has 22 nitrogen and oxygen atoms in total. The Kier molecular flexibility index (Phi) is 24.8. The molecule has 1 aliphatic heterocycles. The van der Waals surface area contributed by atoms with Crippen LogP contribution >= 0.6 is 0 Å². The van der Waals surface area contributed by atoms with Crippen LogP contribution in [0.2, 0.25) is 0 Å². The number of benzene rings is 1. The number of anilines is 2. The Morgan fingerprint density at radius 2 is 1.30 bits per heavy atom. The fraction of sp³-hybridized carbons (Fsp3) is 0.562. The number of alkyl carbamates (subject to hydrolysis) is 1. The summed E-state index contributed by atoms with van der Waals surface area (Å²) >= 11 is 0. The molecule has 8 N–H and O–H groups in total. The lowest BCUT2D eigenvalue weighted by molar-refractivity contribution is -0.137. The predicted octanol–water partition coefficient (Wildman–Crippen LogP) is 2.54. The van der Waals surface area contributed by atoms with Gasteiger partial charge in [0, 0.05) is 60.8 Å². The highest BCUT2D eigenvalue weighted by Gasteiger charge is 2.31. The van der Waals surface area contributed by atoms with Crippen LogP contribution in [0.5, 0.6) is 0 Å². The van der Waals surface area contributed by atoms with Gasteiger partial charge in [-0.2, -0.15) is 0 Å². The number of carbonyl (C=O) groups is 8. The van der Waals surface area contributed by atoms with Crippen LogP contribution < -0.4 is 37.6 Å². The van der Waals surface area contributed by atoms with Crippen LogP contribution in [0.4, 0.5) is 21.0 Å². The summed E-state index contributed by atoms with van der Waals surface area (Å²) in [5, 5.41) is 16.6. The summed E-state index contributed by atoms with van der Waals surface area (Å²) in [6.07, 6.45) is 8.57. The molecular weight excluding hydrogens is 911 g/mol. The third kappa shape index (κ3) is 21.0. The summed E-state index contributed by atoms with van der Waals surface area (Å²) in [4.78, 5) is 105. The van der Waals surface area contributed by atoms with Gasteiger partial charge in [-0.15, -0.1) is 0 Å². The van der Waals surface area contributed by atoms with Crippen molar-refractivity contribution in [1.29, 1.82) is 0 Å². The second kappa shape index (κ2) is 30.9. The number of urea groups is 1. The monoisotopic (exact) mass is 980 g/mol. The molecule has 3 atom stereocenters. The van der Waals surface area contributed by atoms with Crippen LogP contribution in [0, 0.1) is 17.8 Å². The van der Waals surface area contributed by atoms with Crippen molar-refractivity contribution in [3.8, 4) is 0 Å². The standard InChI is InChI=1S/C48H69N9O13/c1-32(2)43(56-40(58)18-23-66-25-27-68-29-30-69-28-26-67-24-22-57-41(59)14-15-42(57)60)46(63)55-39(5-4-19-51-47(49)64)45(62)54-37-12-6-34(7-13-37)31-70-48(65)52-33(3)35-8-10-36(11-9-35)44(61)53-38-16-20-50-21-17-38/h6-7,12-17,20-21,32-33,35-36,39,43H,4-5,8-11,18-19,22-31H2,1-3H3,(H,52,65)(H,54,62)(H,55,63)(H,56,58)(H3,49,51,64)(H,50,53,61)/t33-,35?,36?,39+,43+/m1/s1. The minimum atomic E-state index is -1.04. The number of imide groups is 1. The van der Waals surface area contributed by atoms with E-state index in [-0.39, 0.29) is 100 Å². The van der Waals surface area contributed by atoms with E-state index in [0.29, 0.717) is 49.8 Å². The minimum Gasteiger partial charge on any atom is -0.445 e. The molecular formula is C48H69N9O13. The number of ether oxygens (including phenoxy) is 5. The molecule has 0 saturated heterocycles. The normalized spacial score (nSPS) is 16.8. The Morgan fingerprint density at radius 3 is 1.90 bits per heavy atom. The number of aromatic nitrogens is 1. The number of carbonyl (C=O) groups excluding carboxylic acids is 8. The first-order valence-electron chi connectivity index (χ1n) is 23.7. The largest absolute Gasteiger partial charge is 0.445 e. The first-order chi connectivity index (χ1) is 33.7. The van der Waals surface area contributed by atoms with Crippen molar-refractivity contribution in [2.75, 3.05) is 76.6 Å². The van der Waals surface area contributed by atoms with Gasteiger partial charge >= 0.3 is 12.1 Å². The van der Waals surface area contributed by atoms with Crippen molar-refractivity contribution in [2.24, 2.45) is 23.5 Å². The molecule has 70 heavy (non-hydrogen) atoms. The van der Waals surface area contributed by atoms with E-state index in [9.17, 15) is 38.4 Å². The van der Waals surface area contributed by atoms with E-state index < -0.39 is 41.9 Å². The number of hydrogen-bond acceptors (Lipinski definition) is 14. The Balaban J connectivity index is 1.12. The van der Waals surface area contributed by atoms with Gasteiger partial charge in [0.1, 0.15) is 18.7 Å². The van der Waals surface area contributed by atoms with E-state index >= 15 is 0 Å². The number of nitrogens with zero attached hydrogens (tertiary/aromatic N) is 2. The first-order valence-corrected chi connectivity index (χ1v) is 23.7. The van der Waals surface area contributed by atoms with Gasteiger partial charge in [-0.05, 0) is 87.1 Å². The van der Waals surface area contributed by atoms with Gasteiger partial charge in [-0.25, -0.2) is 9.59 Å². The van der Waals surface area contributed by atoms with E-state index in [4.69, 9.17) is 29.4 Å². The summed E-state index contributed by atoms with van der Waals surface area (Å²) < 4.78 is 27.3. The molecule has 22 heteroatoms. The smallest absolute Gasteiger partial charge is 0.407 e. The van der Waals surface area contributed by atoms with E-state index in [0.717, 1.165) is 30.6 Å². The summed E-state index contributed by atoms with van der Waals surface area (Å²) in [6, 6.07) is 7.27. The van der Waals surface area contributed by atoms with E-state index in [1.165, 1.54) is 12.2 Å². The molecule has 1 aromatic carbocycles. The first kappa shape index (κ1) is 56.1. The molecule has 2 aliphatic rings. The van der Waals surface area contributed by atoms with Gasteiger partial charge in [-0.3, -0.25) is 38.7 Å². The lowest BCUT2D eigenvalue weighted by Gasteiger charge is -2.31. The number of primary amides is 1. The second-order valence-corrected chi connectivity index (χ2v) is 17.2. The highest BCUT2D eigenvalue weighted by Crippen LogP contribution is 2.32. The lowest BCUT2D eigenvalue weighted by atomic mass is 9.78. The van der Waals surface area contributed by atoms with Gasteiger partial charge in [0.05, 0.1) is 59.4 Å². The van der Waals surface area contributed by atoms with Crippen LogP contribution in [0.3, 0.4) is 0 Å². The highest BCUT2D eigenvalue weighted by molar-refractivity contribution is 6.12. The van der Waals surface area contributed by atoms with Gasteiger partial charge in [0.25, 0.3) is 11.8 Å². The third-order valence-electron chi connectivity index (χ3n) is 11.6. The predicted molar refractivity (Wildman–Crippen MR) is 255 cm³/mol. The molecule has 384 valence electrons. The lowest BCUT2D eigenvalue weighted by Crippen LogP contribution is -2.54. The van der Waals surface area contributed by atoms with Crippen LogP contribution in [-0.2, 0) is 59.1 Å². The quantitative estimate of drug-likeness (QED) is 0.0422. The fourth-order valence-electron chi connectivity index (χ4n) is 7.53. The number of nitrogens with two attached hydrogens (primary N) is 1. The van der Waals surface area contributed by atoms with Crippen molar-refractivity contribution in [3.63, 3.8) is 0 Å². The van der Waals surface area contributed by atoms with E-state index in [1.54, 1.807) is 62.6 Å². The molecule has 0 unspecified atom stereocenters. The molecule has 1 aromatic heterocycles. The average Bonchev–Trinajstić information content (AvgIpc) is 3.66. The number of amides is 9. The van der Waals surface area contributed by atoms with Gasteiger partial charge in [0.15, 0.2) is 0 Å². The summed E-state index contributed by atoms with van der Waals surface area (Å²) in [7, 11) is 0. The van der Waals surface area contributed by atoms with Crippen molar-refractivity contribution >= 4 is 58.9 Å². The minimum absolute atomic E-state index is 0.0138. The van der Waals surface area contributed by atoms with Gasteiger partial charge in [0.2, 0.25) is 23.6 Å². The van der Waals surface area contributed by atoms with Gasteiger partial charge in [-0.1, -0.05) is 26.0 Å². The van der Waals surface area contributed by atoms with Gasteiger partial charge < -0.3 is 61.3 Å². The van der Waals surface area contributed by atoms with Crippen molar-refractivity contribution < 1.29 is 62.0 Å². The Hall–Kier alpha value is -6.49. The van der Waals surface area contributed by atoms with Crippen LogP contribution in [0.25, 0.3) is 0 Å². The van der Waals surface area contributed by atoms with Crippen molar-refractivity contribution in [3.05, 3.63) is 66.5 Å². The summed E-state index contributed by atoms with van der Waals surface area (Å²) in [5.74, 6) is -2.48. The SMILES string of the molecule is CC(C)[C@H](NC(=O)CCOCCOCCOCCOCCN1C(=O)C=CC1=O)C(=O)N[C@@H](CCCNC(N)=O)C(=O)Nc1ccc(COC(=O)N[C@H](C)C2CCC(C(=O)Nc3ccncc3)CC2)cc1. The maximum atomic E-state index is 13.6. The van der Waals surface area contributed by atoms with E-state index in [2.05, 4.69) is 36.9 Å². The Morgan fingerprint density at radius 1 is 0.714 bits per heavy atom. The Labute approximate surface area is 408 Å². The molecule has 0 radical (unpaired) electrons. The maximum absolute atomic E-state index is 13.6. The van der Waals surface area contributed by atoms with Crippen LogP contribution in [0.1, 0.15) is 71.3 Å². The number of nitrogens with one attached hydrogen (secondary N) is 6.